The van der Waals surface area contributed by atoms with Crippen LogP contribution in [0.2, 0.25) is 5.02 Å². The molecular formula is C18H29ClIN3O2. The van der Waals surface area contributed by atoms with E-state index in [1.807, 2.05) is 12.1 Å². The Morgan fingerprint density at radius 1 is 1.24 bits per heavy atom. The second-order valence-electron chi connectivity index (χ2n) is 6.02. The van der Waals surface area contributed by atoms with Gasteiger partial charge in [0.05, 0.1) is 26.4 Å². The zero-order chi connectivity index (χ0) is 17.3. The van der Waals surface area contributed by atoms with Gasteiger partial charge in [-0.1, -0.05) is 23.7 Å². The number of hydrogen-bond acceptors (Lipinski definition) is 3. The van der Waals surface area contributed by atoms with Gasteiger partial charge in [-0.2, -0.15) is 0 Å². The Morgan fingerprint density at radius 3 is 2.68 bits per heavy atom. The average molecular weight is 482 g/mol. The molecule has 0 amide bonds. The number of benzene rings is 1. The van der Waals surface area contributed by atoms with Crippen LogP contribution in [0.25, 0.3) is 0 Å². The van der Waals surface area contributed by atoms with Crippen LogP contribution >= 0.6 is 35.6 Å². The topological polar surface area (TPSA) is 54.9 Å². The second kappa shape index (κ2) is 11.9. The highest BCUT2D eigenvalue weighted by Gasteiger charge is 2.44. The zero-order valence-corrected chi connectivity index (χ0v) is 18.1. The quantitative estimate of drug-likeness (QED) is 0.233. The van der Waals surface area contributed by atoms with Gasteiger partial charge in [-0.3, -0.25) is 4.99 Å². The Bertz CT molecular complexity index is 539. The van der Waals surface area contributed by atoms with E-state index in [4.69, 9.17) is 26.1 Å². The fourth-order valence-corrected chi connectivity index (χ4v) is 2.76. The van der Waals surface area contributed by atoms with Gasteiger partial charge in [0.2, 0.25) is 0 Å². The standard InChI is InChI=1S/C18H28ClN3O2.HI/c1-3-20-17(21-9-10-24-12-11-23-2)22-14-18(7-8-18)15-5-4-6-16(19)13-15;/h4-6,13H,3,7-12,14H2,1-2H3,(H2,20,21,22);1H. The van der Waals surface area contributed by atoms with Crippen molar-refractivity contribution in [1.82, 2.24) is 10.6 Å². The van der Waals surface area contributed by atoms with E-state index in [0.29, 0.717) is 19.8 Å². The minimum Gasteiger partial charge on any atom is -0.382 e. The van der Waals surface area contributed by atoms with Crippen LogP contribution in [0.15, 0.2) is 29.3 Å². The summed E-state index contributed by atoms with van der Waals surface area (Å²) in [4.78, 5) is 4.76. The van der Waals surface area contributed by atoms with Crippen LogP contribution < -0.4 is 10.6 Å². The highest BCUT2D eigenvalue weighted by atomic mass is 127. The summed E-state index contributed by atoms with van der Waals surface area (Å²) >= 11 is 6.13. The van der Waals surface area contributed by atoms with Gasteiger partial charge in [0.1, 0.15) is 0 Å². The molecule has 1 aliphatic rings. The predicted molar refractivity (Wildman–Crippen MR) is 114 cm³/mol. The highest BCUT2D eigenvalue weighted by molar-refractivity contribution is 14.0. The molecule has 0 heterocycles. The van der Waals surface area contributed by atoms with Crippen LogP contribution in [0.4, 0.5) is 0 Å². The Balaban J connectivity index is 0.00000312. The van der Waals surface area contributed by atoms with Crippen molar-refractivity contribution >= 4 is 41.5 Å². The largest absolute Gasteiger partial charge is 0.382 e. The monoisotopic (exact) mass is 481 g/mol. The van der Waals surface area contributed by atoms with Crippen molar-refractivity contribution in [3.8, 4) is 0 Å². The van der Waals surface area contributed by atoms with Crippen LogP contribution in [0.1, 0.15) is 25.3 Å². The molecule has 0 bridgehead atoms. The summed E-state index contributed by atoms with van der Waals surface area (Å²) in [5, 5.41) is 7.38. The van der Waals surface area contributed by atoms with Crippen molar-refractivity contribution in [2.45, 2.75) is 25.2 Å². The minimum atomic E-state index is 0. The van der Waals surface area contributed by atoms with E-state index in [0.717, 1.165) is 43.5 Å². The highest BCUT2D eigenvalue weighted by Crippen LogP contribution is 2.48. The third-order valence-electron chi connectivity index (χ3n) is 4.15. The molecule has 0 saturated heterocycles. The lowest BCUT2D eigenvalue weighted by molar-refractivity contribution is 0.0733. The number of aliphatic imine (C=N–C) groups is 1. The number of rotatable bonds is 10. The first-order valence-electron chi connectivity index (χ1n) is 8.55. The van der Waals surface area contributed by atoms with Crippen molar-refractivity contribution in [3.63, 3.8) is 0 Å². The normalized spacial score (nSPS) is 15.4. The molecular weight excluding hydrogens is 453 g/mol. The molecule has 2 rings (SSSR count). The third-order valence-corrected chi connectivity index (χ3v) is 4.38. The van der Waals surface area contributed by atoms with Crippen molar-refractivity contribution in [1.29, 1.82) is 0 Å². The summed E-state index contributed by atoms with van der Waals surface area (Å²) in [7, 11) is 1.67. The van der Waals surface area contributed by atoms with Gasteiger partial charge >= 0.3 is 0 Å². The molecule has 1 fully saturated rings. The molecule has 0 unspecified atom stereocenters. The summed E-state index contributed by atoms with van der Waals surface area (Å²) in [5.74, 6) is 0.834. The Kier molecular flexibility index (Phi) is 10.7. The molecule has 0 aromatic heterocycles. The van der Waals surface area contributed by atoms with E-state index in [-0.39, 0.29) is 29.4 Å². The third kappa shape index (κ3) is 7.68. The molecule has 1 aromatic carbocycles. The summed E-state index contributed by atoms with van der Waals surface area (Å²) < 4.78 is 10.4. The molecule has 1 aliphatic carbocycles. The first-order chi connectivity index (χ1) is 11.7. The molecule has 2 N–H and O–H groups in total. The molecule has 142 valence electrons. The van der Waals surface area contributed by atoms with Crippen molar-refractivity contribution in [3.05, 3.63) is 34.9 Å². The van der Waals surface area contributed by atoms with Gasteiger partial charge in [-0.05, 0) is 37.5 Å². The SMILES string of the molecule is CCNC(=NCC1(c2cccc(Cl)c2)CC1)NCCOCCOC.I. The lowest BCUT2D eigenvalue weighted by Gasteiger charge is -2.16. The average Bonchev–Trinajstić information content (AvgIpc) is 3.37. The minimum absolute atomic E-state index is 0. The van der Waals surface area contributed by atoms with Gasteiger partial charge in [0, 0.05) is 30.6 Å². The zero-order valence-electron chi connectivity index (χ0n) is 15.0. The maximum atomic E-state index is 6.13. The van der Waals surface area contributed by atoms with Crippen molar-refractivity contribution in [2.24, 2.45) is 4.99 Å². The lowest BCUT2D eigenvalue weighted by atomic mass is 9.96. The van der Waals surface area contributed by atoms with Gasteiger partial charge in [0.15, 0.2) is 5.96 Å². The summed E-state index contributed by atoms with van der Waals surface area (Å²) in [6.07, 6.45) is 2.33. The van der Waals surface area contributed by atoms with Crippen LogP contribution in [-0.2, 0) is 14.9 Å². The van der Waals surface area contributed by atoms with Gasteiger partial charge in [-0.25, -0.2) is 0 Å². The maximum Gasteiger partial charge on any atom is 0.191 e. The predicted octanol–water partition coefficient (Wildman–Crippen LogP) is 3.21. The number of ether oxygens (including phenoxy) is 2. The van der Waals surface area contributed by atoms with E-state index in [9.17, 15) is 0 Å². The summed E-state index contributed by atoms with van der Waals surface area (Å²) in [6, 6.07) is 8.15. The van der Waals surface area contributed by atoms with Crippen molar-refractivity contribution in [2.75, 3.05) is 46.6 Å². The number of guanidine groups is 1. The first-order valence-corrected chi connectivity index (χ1v) is 8.93. The molecule has 25 heavy (non-hydrogen) atoms. The number of methoxy groups -OCH3 is 1. The second-order valence-corrected chi connectivity index (χ2v) is 6.45. The fourth-order valence-electron chi connectivity index (χ4n) is 2.57. The Morgan fingerprint density at radius 2 is 2.04 bits per heavy atom. The Labute approximate surface area is 172 Å². The van der Waals surface area contributed by atoms with Crippen LogP contribution in [-0.4, -0.2) is 52.5 Å². The van der Waals surface area contributed by atoms with Crippen molar-refractivity contribution < 1.29 is 9.47 Å². The summed E-state index contributed by atoms with van der Waals surface area (Å²) in [6.45, 7) is 6.26. The number of hydrogen-bond donors (Lipinski definition) is 2. The van der Waals surface area contributed by atoms with Crippen LogP contribution in [0.5, 0.6) is 0 Å². The van der Waals surface area contributed by atoms with Gasteiger partial charge in [0.25, 0.3) is 0 Å². The maximum absolute atomic E-state index is 6.13. The van der Waals surface area contributed by atoms with Gasteiger partial charge < -0.3 is 20.1 Å². The van der Waals surface area contributed by atoms with E-state index >= 15 is 0 Å². The fraction of sp³-hybridized carbons (Fsp3) is 0.611. The van der Waals surface area contributed by atoms with E-state index in [2.05, 4.69) is 29.7 Å². The molecule has 1 aromatic rings. The molecule has 7 heteroatoms. The van der Waals surface area contributed by atoms with Crippen LogP contribution in [0, 0.1) is 0 Å². The molecule has 0 spiro atoms. The number of halogens is 2. The number of nitrogens with one attached hydrogen (secondary N) is 2. The molecule has 0 atom stereocenters. The van der Waals surface area contributed by atoms with Crippen LogP contribution in [0.3, 0.4) is 0 Å². The van der Waals surface area contributed by atoms with E-state index in [1.165, 1.54) is 5.56 Å². The number of nitrogens with zero attached hydrogens (tertiary/aromatic N) is 1. The first kappa shape index (κ1) is 22.5. The van der Waals surface area contributed by atoms with Gasteiger partial charge in [-0.15, -0.1) is 24.0 Å². The van der Waals surface area contributed by atoms with E-state index in [1.54, 1.807) is 7.11 Å². The van der Waals surface area contributed by atoms with E-state index < -0.39 is 0 Å². The smallest absolute Gasteiger partial charge is 0.191 e. The Hall–Kier alpha value is -0.570. The molecule has 1 saturated carbocycles. The molecule has 0 aliphatic heterocycles. The summed E-state index contributed by atoms with van der Waals surface area (Å²) in [5.41, 5.74) is 1.44. The lowest BCUT2D eigenvalue weighted by Crippen LogP contribution is -2.39. The molecule has 0 radical (unpaired) electrons. The molecule has 5 nitrogen and oxygen atoms in total.